The van der Waals surface area contributed by atoms with Crippen LogP contribution >= 0.6 is 22.7 Å². The summed E-state index contributed by atoms with van der Waals surface area (Å²) < 4.78 is 0. The van der Waals surface area contributed by atoms with Crippen LogP contribution < -0.4 is 4.90 Å². The van der Waals surface area contributed by atoms with Gasteiger partial charge in [-0.15, -0.1) is 22.7 Å². The summed E-state index contributed by atoms with van der Waals surface area (Å²) in [4.78, 5) is 18.1. The van der Waals surface area contributed by atoms with Gasteiger partial charge in [-0.1, -0.05) is 30.3 Å². The molecule has 2 saturated carbocycles. The van der Waals surface area contributed by atoms with Crippen LogP contribution in [0.25, 0.3) is 20.2 Å². The zero-order valence-electron chi connectivity index (χ0n) is 17.6. The van der Waals surface area contributed by atoms with Crippen LogP contribution in [0.2, 0.25) is 0 Å². The molecule has 3 heterocycles. The molecule has 32 heavy (non-hydrogen) atoms. The third-order valence-electron chi connectivity index (χ3n) is 7.75. The van der Waals surface area contributed by atoms with Crippen molar-refractivity contribution in [2.45, 2.75) is 31.2 Å². The zero-order valence-corrected chi connectivity index (χ0v) is 19.2. The Morgan fingerprint density at radius 3 is 2.38 bits per heavy atom. The van der Waals surface area contributed by atoms with Gasteiger partial charge >= 0.3 is 0 Å². The van der Waals surface area contributed by atoms with E-state index in [1.807, 2.05) is 12.1 Å². The fraction of sp³-hybridized carbons (Fsp3) is 0.250. The quantitative estimate of drug-likeness (QED) is 0.292. The number of carbonyl (C=O) groups is 1. The Balaban J connectivity index is 1.21. The molecule has 7 rings (SSSR count). The van der Waals surface area contributed by atoms with Crippen molar-refractivity contribution >= 4 is 40.3 Å². The highest BCUT2D eigenvalue weighted by molar-refractivity contribution is 7.24. The van der Waals surface area contributed by atoms with Crippen molar-refractivity contribution in [2.24, 2.45) is 11.8 Å². The van der Waals surface area contributed by atoms with Crippen molar-refractivity contribution in [2.75, 3.05) is 4.90 Å². The van der Waals surface area contributed by atoms with E-state index in [4.69, 9.17) is 0 Å². The topological polar surface area (TPSA) is 20.3 Å². The lowest BCUT2D eigenvalue weighted by molar-refractivity contribution is 0.112. The zero-order chi connectivity index (χ0) is 21.2. The first kappa shape index (κ1) is 18.8. The van der Waals surface area contributed by atoms with Crippen molar-refractivity contribution in [1.82, 2.24) is 0 Å². The Morgan fingerprint density at radius 1 is 0.781 bits per heavy atom. The van der Waals surface area contributed by atoms with Crippen molar-refractivity contribution < 1.29 is 4.79 Å². The van der Waals surface area contributed by atoms with Crippen molar-refractivity contribution in [3.63, 3.8) is 0 Å². The molecule has 2 aliphatic carbocycles. The third kappa shape index (κ3) is 2.72. The first-order valence-electron chi connectivity index (χ1n) is 11.4. The minimum absolute atomic E-state index is 0.635. The van der Waals surface area contributed by atoms with Gasteiger partial charge in [0.25, 0.3) is 0 Å². The van der Waals surface area contributed by atoms with Crippen LogP contribution in [0.4, 0.5) is 11.4 Å². The molecule has 4 unspecified atom stereocenters. The van der Waals surface area contributed by atoms with Gasteiger partial charge in [0, 0.05) is 38.0 Å². The molecular formula is C28H23NOS2. The van der Waals surface area contributed by atoms with Gasteiger partial charge in [0.1, 0.15) is 0 Å². The van der Waals surface area contributed by atoms with Gasteiger partial charge in [-0.3, -0.25) is 4.79 Å². The Kier molecular flexibility index (Phi) is 4.21. The minimum Gasteiger partial charge on any atom is -0.337 e. The number of para-hydroxylation sites is 1. The largest absolute Gasteiger partial charge is 0.337 e. The second-order valence-electron chi connectivity index (χ2n) is 9.31. The Hall–Kier alpha value is -2.69. The standard InChI is InChI=1S/C28H23NOS2/c30-16-21-11-12-25(31-21)26-14-13-24(32-26)17-7-9-20(10-8-17)29-23-4-2-1-3-22(23)27-18-5-6-19(15-18)28(27)29/h1-4,7-14,16,18-19,27-28H,5-6,15H2. The van der Waals surface area contributed by atoms with E-state index >= 15 is 0 Å². The number of aldehydes is 1. The summed E-state index contributed by atoms with van der Waals surface area (Å²) in [5, 5.41) is 0. The van der Waals surface area contributed by atoms with E-state index < -0.39 is 0 Å². The van der Waals surface area contributed by atoms with E-state index in [0.29, 0.717) is 12.0 Å². The molecule has 2 aromatic carbocycles. The average molecular weight is 454 g/mol. The molecule has 0 amide bonds. The van der Waals surface area contributed by atoms with Gasteiger partial charge in [0.2, 0.25) is 0 Å². The van der Waals surface area contributed by atoms with Crippen LogP contribution in [-0.2, 0) is 0 Å². The number of thiophene rings is 2. The van der Waals surface area contributed by atoms with Gasteiger partial charge < -0.3 is 4.90 Å². The third-order valence-corrected chi connectivity index (χ3v) is 10.1. The van der Waals surface area contributed by atoms with Gasteiger partial charge in [0.05, 0.1) is 4.88 Å². The molecule has 4 aromatic rings. The summed E-state index contributed by atoms with van der Waals surface area (Å²) in [5.74, 6) is 2.42. The number of carbonyl (C=O) groups excluding carboxylic acids is 1. The molecule has 3 aliphatic rings. The molecule has 0 saturated heterocycles. The van der Waals surface area contributed by atoms with Gasteiger partial charge in [-0.05, 0) is 84.7 Å². The molecule has 2 bridgehead atoms. The Labute approximate surface area is 196 Å². The maximum atomic E-state index is 11.0. The summed E-state index contributed by atoms with van der Waals surface area (Å²) in [6.07, 6.45) is 5.14. The van der Waals surface area contributed by atoms with E-state index in [0.717, 1.165) is 27.9 Å². The number of fused-ring (bicyclic) bond motifs is 7. The summed E-state index contributed by atoms with van der Waals surface area (Å²) in [6.45, 7) is 0. The van der Waals surface area contributed by atoms with E-state index in [1.54, 1.807) is 28.2 Å². The Morgan fingerprint density at radius 2 is 1.53 bits per heavy atom. The summed E-state index contributed by atoms with van der Waals surface area (Å²) >= 11 is 3.35. The lowest BCUT2D eigenvalue weighted by Gasteiger charge is -2.33. The highest BCUT2D eigenvalue weighted by atomic mass is 32.1. The molecule has 0 radical (unpaired) electrons. The molecule has 4 heteroatoms. The molecule has 4 atom stereocenters. The molecule has 158 valence electrons. The highest BCUT2D eigenvalue weighted by Crippen LogP contribution is 2.62. The normalized spacial score (nSPS) is 25.2. The van der Waals surface area contributed by atoms with Gasteiger partial charge in [-0.2, -0.15) is 0 Å². The average Bonchev–Trinajstić information content (AvgIpc) is 3.65. The summed E-state index contributed by atoms with van der Waals surface area (Å²) in [6, 6.07) is 27.2. The second kappa shape index (κ2) is 7.16. The molecule has 2 aromatic heterocycles. The predicted molar refractivity (Wildman–Crippen MR) is 134 cm³/mol. The fourth-order valence-corrected chi connectivity index (χ4v) is 8.42. The van der Waals surface area contributed by atoms with Crippen LogP contribution in [0.5, 0.6) is 0 Å². The Bertz CT molecular complexity index is 1320. The molecule has 0 N–H and O–H groups in total. The number of rotatable bonds is 4. The van der Waals surface area contributed by atoms with E-state index in [1.165, 1.54) is 46.0 Å². The maximum Gasteiger partial charge on any atom is 0.160 e. The second-order valence-corrected chi connectivity index (χ2v) is 11.5. The maximum absolute atomic E-state index is 11.0. The summed E-state index contributed by atoms with van der Waals surface area (Å²) in [5.41, 5.74) is 5.58. The van der Waals surface area contributed by atoms with Crippen LogP contribution in [0, 0.1) is 11.8 Å². The van der Waals surface area contributed by atoms with Crippen LogP contribution in [0.15, 0.2) is 72.8 Å². The number of anilines is 2. The lowest BCUT2D eigenvalue weighted by Crippen LogP contribution is -2.35. The summed E-state index contributed by atoms with van der Waals surface area (Å²) in [7, 11) is 0. The van der Waals surface area contributed by atoms with Crippen LogP contribution in [-0.4, -0.2) is 12.3 Å². The molecular weight excluding hydrogens is 430 g/mol. The number of hydrogen-bond acceptors (Lipinski definition) is 4. The van der Waals surface area contributed by atoms with E-state index in [9.17, 15) is 4.79 Å². The first-order valence-corrected chi connectivity index (χ1v) is 13.1. The van der Waals surface area contributed by atoms with Crippen molar-refractivity contribution in [3.8, 4) is 20.2 Å². The first-order chi connectivity index (χ1) is 15.8. The smallest absolute Gasteiger partial charge is 0.160 e. The molecule has 2 fully saturated rings. The lowest BCUT2D eigenvalue weighted by atomic mass is 9.82. The number of nitrogens with zero attached hydrogens (tertiary/aromatic N) is 1. The minimum atomic E-state index is 0.635. The molecule has 2 nitrogen and oxygen atoms in total. The van der Waals surface area contributed by atoms with Gasteiger partial charge in [0.15, 0.2) is 6.29 Å². The SMILES string of the molecule is O=Cc1ccc(-c2ccc(-c3ccc(N4c5ccccc5C5C6CCC(C6)C54)cc3)s2)s1. The molecule has 0 spiro atoms. The van der Waals surface area contributed by atoms with Crippen molar-refractivity contribution in [3.05, 3.63) is 83.2 Å². The number of hydrogen-bond donors (Lipinski definition) is 0. The van der Waals surface area contributed by atoms with Gasteiger partial charge in [-0.25, -0.2) is 0 Å². The van der Waals surface area contributed by atoms with E-state index in [2.05, 4.69) is 65.6 Å². The highest BCUT2D eigenvalue weighted by Gasteiger charge is 2.55. The molecule has 1 aliphatic heterocycles. The van der Waals surface area contributed by atoms with Crippen LogP contribution in [0.1, 0.15) is 40.4 Å². The number of benzene rings is 2. The van der Waals surface area contributed by atoms with E-state index in [-0.39, 0.29) is 0 Å². The van der Waals surface area contributed by atoms with Crippen LogP contribution in [0.3, 0.4) is 0 Å². The fourth-order valence-electron chi connectivity index (χ4n) is 6.49. The predicted octanol–water partition coefficient (Wildman–Crippen LogP) is 7.99. The monoisotopic (exact) mass is 453 g/mol. The van der Waals surface area contributed by atoms with Crippen molar-refractivity contribution in [1.29, 1.82) is 0 Å².